The molecule has 1 atom stereocenters. The first-order chi connectivity index (χ1) is 11.7. The summed E-state index contributed by atoms with van der Waals surface area (Å²) in [5.74, 6) is 0.678. The van der Waals surface area contributed by atoms with Gasteiger partial charge in [0, 0.05) is 19.7 Å². The number of aliphatic hydroxyl groups excluding tert-OH is 1. The van der Waals surface area contributed by atoms with E-state index in [1.165, 1.54) is 0 Å². The predicted octanol–water partition coefficient (Wildman–Crippen LogP) is 2.15. The summed E-state index contributed by atoms with van der Waals surface area (Å²) < 4.78 is 1.58. The SMILES string of the molecule is Cn1c(CNC(CCO)c2ccccc2)nc2ccccc2c1=O. The molecule has 0 aliphatic carbocycles. The van der Waals surface area contributed by atoms with Crippen LogP contribution in [-0.4, -0.2) is 21.3 Å². The lowest BCUT2D eigenvalue weighted by Gasteiger charge is -2.19. The van der Waals surface area contributed by atoms with Crippen LogP contribution in [0.2, 0.25) is 0 Å². The van der Waals surface area contributed by atoms with Crippen LogP contribution in [0.3, 0.4) is 0 Å². The van der Waals surface area contributed by atoms with Crippen molar-refractivity contribution in [1.82, 2.24) is 14.9 Å². The van der Waals surface area contributed by atoms with Gasteiger partial charge in [-0.2, -0.15) is 0 Å². The van der Waals surface area contributed by atoms with Crippen LogP contribution in [0.5, 0.6) is 0 Å². The summed E-state index contributed by atoms with van der Waals surface area (Å²) in [5.41, 5.74) is 1.77. The van der Waals surface area contributed by atoms with E-state index in [1.807, 2.05) is 48.5 Å². The molecule has 1 aromatic heterocycles. The van der Waals surface area contributed by atoms with E-state index >= 15 is 0 Å². The highest BCUT2D eigenvalue weighted by atomic mass is 16.3. The maximum atomic E-state index is 12.4. The molecule has 0 radical (unpaired) electrons. The van der Waals surface area contributed by atoms with E-state index in [2.05, 4.69) is 10.3 Å². The number of aliphatic hydroxyl groups is 1. The topological polar surface area (TPSA) is 67.2 Å². The maximum Gasteiger partial charge on any atom is 0.261 e. The number of nitrogens with one attached hydrogen (secondary N) is 1. The summed E-state index contributed by atoms with van der Waals surface area (Å²) in [6, 6.07) is 17.4. The van der Waals surface area contributed by atoms with E-state index in [-0.39, 0.29) is 18.2 Å². The molecule has 0 saturated heterocycles. The standard InChI is InChI=1S/C19H21N3O2/c1-22-18(21-17-10-6-5-9-15(17)19(22)24)13-20-16(11-12-23)14-7-3-2-4-8-14/h2-10,16,20,23H,11-13H2,1H3. The molecule has 2 N–H and O–H groups in total. The zero-order chi connectivity index (χ0) is 16.9. The second kappa shape index (κ2) is 7.38. The van der Waals surface area contributed by atoms with E-state index in [9.17, 15) is 9.90 Å². The molecule has 0 aliphatic heterocycles. The second-order valence-electron chi connectivity index (χ2n) is 5.77. The van der Waals surface area contributed by atoms with Gasteiger partial charge >= 0.3 is 0 Å². The molecule has 0 aliphatic rings. The number of rotatable bonds is 6. The van der Waals surface area contributed by atoms with Crippen molar-refractivity contribution in [2.45, 2.75) is 19.0 Å². The third kappa shape index (κ3) is 3.37. The van der Waals surface area contributed by atoms with Gasteiger partial charge < -0.3 is 10.4 Å². The van der Waals surface area contributed by atoms with Gasteiger partial charge in [0.2, 0.25) is 0 Å². The fourth-order valence-corrected chi connectivity index (χ4v) is 2.84. The van der Waals surface area contributed by atoms with Gasteiger partial charge in [-0.15, -0.1) is 0 Å². The van der Waals surface area contributed by atoms with E-state index in [1.54, 1.807) is 17.7 Å². The van der Waals surface area contributed by atoms with E-state index in [4.69, 9.17) is 0 Å². The van der Waals surface area contributed by atoms with Crippen LogP contribution < -0.4 is 10.9 Å². The highest BCUT2D eigenvalue weighted by Crippen LogP contribution is 2.16. The Bertz CT molecular complexity index is 875. The van der Waals surface area contributed by atoms with Crippen LogP contribution in [0.1, 0.15) is 23.9 Å². The Labute approximate surface area is 140 Å². The molecule has 1 unspecified atom stereocenters. The smallest absolute Gasteiger partial charge is 0.261 e. The Morgan fingerprint density at radius 1 is 1.12 bits per heavy atom. The summed E-state index contributed by atoms with van der Waals surface area (Å²) >= 11 is 0. The third-order valence-corrected chi connectivity index (χ3v) is 4.20. The number of hydrogen-bond acceptors (Lipinski definition) is 4. The number of aromatic nitrogens is 2. The Balaban J connectivity index is 1.86. The molecule has 3 aromatic rings. The zero-order valence-electron chi connectivity index (χ0n) is 13.6. The number of nitrogens with zero attached hydrogens (tertiary/aromatic N) is 2. The summed E-state index contributed by atoms with van der Waals surface area (Å²) in [6.45, 7) is 0.548. The first kappa shape index (κ1) is 16.4. The van der Waals surface area contributed by atoms with Crippen molar-refractivity contribution >= 4 is 10.9 Å². The molecule has 24 heavy (non-hydrogen) atoms. The Kier molecular flexibility index (Phi) is 5.03. The van der Waals surface area contributed by atoms with Crippen LogP contribution in [0.25, 0.3) is 10.9 Å². The Morgan fingerprint density at radius 2 is 1.83 bits per heavy atom. The lowest BCUT2D eigenvalue weighted by atomic mass is 10.0. The summed E-state index contributed by atoms with van der Waals surface area (Å²) in [5, 5.41) is 13.4. The molecular weight excluding hydrogens is 302 g/mol. The molecule has 0 spiro atoms. The molecule has 2 aromatic carbocycles. The van der Waals surface area contributed by atoms with Crippen LogP contribution >= 0.6 is 0 Å². The number of para-hydroxylation sites is 1. The average Bonchev–Trinajstić information content (AvgIpc) is 2.63. The maximum absolute atomic E-state index is 12.4. The molecule has 3 rings (SSSR count). The summed E-state index contributed by atoms with van der Waals surface area (Å²) in [7, 11) is 1.74. The van der Waals surface area contributed by atoms with Gasteiger partial charge in [-0.25, -0.2) is 4.98 Å². The van der Waals surface area contributed by atoms with Crippen LogP contribution in [0.15, 0.2) is 59.4 Å². The second-order valence-corrected chi connectivity index (χ2v) is 5.77. The Hall–Kier alpha value is -2.50. The van der Waals surface area contributed by atoms with Crippen LogP contribution in [-0.2, 0) is 13.6 Å². The zero-order valence-corrected chi connectivity index (χ0v) is 13.6. The van der Waals surface area contributed by atoms with Crippen LogP contribution in [0.4, 0.5) is 0 Å². The molecule has 5 nitrogen and oxygen atoms in total. The van der Waals surface area contributed by atoms with Crippen LogP contribution in [0, 0.1) is 0 Å². The van der Waals surface area contributed by atoms with Gasteiger partial charge in [-0.3, -0.25) is 9.36 Å². The van der Waals surface area contributed by atoms with Crippen molar-refractivity contribution in [3.8, 4) is 0 Å². The quantitative estimate of drug-likeness (QED) is 0.729. The van der Waals surface area contributed by atoms with Gasteiger partial charge in [0.15, 0.2) is 0 Å². The molecule has 124 valence electrons. The highest BCUT2D eigenvalue weighted by molar-refractivity contribution is 5.77. The minimum absolute atomic E-state index is 0.0135. The number of fused-ring (bicyclic) bond motifs is 1. The third-order valence-electron chi connectivity index (χ3n) is 4.20. The van der Waals surface area contributed by atoms with E-state index in [0.717, 1.165) is 5.56 Å². The van der Waals surface area contributed by atoms with Crippen molar-refractivity contribution in [2.75, 3.05) is 6.61 Å². The molecule has 0 amide bonds. The lowest BCUT2D eigenvalue weighted by Crippen LogP contribution is -2.28. The average molecular weight is 323 g/mol. The first-order valence-electron chi connectivity index (χ1n) is 8.04. The summed E-state index contributed by atoms with van der Waals surface area (Å²) in [6.07, 6.45) is 0.603. The molecular formula is C19H21N3O2. The van der Waals surface area contributed by atoms with Crippen molar-refractivity contribution in [2.24, 2.45) is 7.05 Å². The number of benzene rings is 2. The van der Waals surface area contributed by atoms with Gasteiger partial charge in [-0.05, 0) is 24.1 Å². The fourth-order valence-electron chi connectivity index (χ4n) is 2.84. The molecule has 5 heteroatoms. The minimum Gasteiger partial charge on any atom is -0.396 e. The fraction of sp³-hybridized carbons (Fsp3) is 0.263. The molecule has 0 fully saturated rings. The largest absolute Gasteiger partial charge is 0.396 e. The van der Waals surface area contributed by atoms with Gasteiger partial charge in [0.25, 0.3) is 5.56 Å². The lowest BCUT2D eigenvalue weighted by molar-refractivity contribution is 0.264. The van der Waals surface area contributed by atoms with Crippen molar-refractivity contribution in [3.05, 3.63) is 76.3 Å². The highest BCUT2D eigenvalue weighted by Gasteiger charge is 2.13. The predicted molar refractivity (Wildman–Crippen MR) is 94.7 cm³/mol. The van der Waals surface area contributed by atoms with Crippen molar-refractivity contribution in [3.63, 3.8) is 0 Å². The van der Waals surface area contributed by atoms with E-state index in [0.29, 0.717) is 29.7 Å². The Morgan fingerprint density at radius 3 is 2.58 bits per heavy atom. The monoisotopic (exact) mass is 323 g/mol. The van der Waals surface area contributed by atoms with Crippen molar-refractivity contribution in [1.29, 1.82) is 0 Å². The van der Waals surface area contributed by atoms with Crippen molar-refractivity contribution < 1.29 is 5.11 Å². The number of hydrogen-bond donors (Lipinski definition) is 2. The van der Waals surface area contributed by atoms with E-state index < -0.39 is 0 Å². The first-order valence-corrected chi connectivity index (χ1v) is 8.04. The normalized spacial score (nSPS) is 12.4. The van der Waals surface area contributed by atoms with Gasteiger partial charge in [0.1, 0.15) is 5.82 Å². The minimum atomic E-state index is -0.0455. The molecule has 1 heterocycles. The van der Waals surface area contributed by atoms with Gasteiger partial charge in [-0.1, -0.05) is 42.5 Å². The summed E-state index contributed by atoms with van der Waals surface area (Å²) in [4.78, 5) is 17.0. The molecule has 0 bridgehead atoms. The van der Waals surface area contributed by atoms with Gasteiger partial charge in [0.05, 0.1) is 17.4 Å². The molecule has 0 saturated carbocycles.